The molecule has 19 heavy (non-hydrogen) atoms. The van der Waals surface area contributed by atoms with Gasteiger partial charge in [-0.1, -0.05) is 0 Å². The van der Waals surface area contributed by atoms with Crippen LogP contribution in [0.25, 0.3) is 0 Å². The molecule has 1 fully saturated rings. The molecule has 3 rings (SSSR count). The van der Waals surface area contributed by atoms with Crippen molar-refractivity contribution in [3.63, 3.8) is 0 Å². The van der Waals surface area contributed by atoms with E-state index in [1.165, 1.54) is 12.8 Å². The van der Waals surface area contributed by atoms with Crippen LogP contribution in [0, 0.1) is 0 Å². The van der Waals surface area contributed by atoms with Crippen molar-refractivity contribution in [2.75, 3.05) is 6.54 Å². The van der Waals surface area contributed by atoms with Crippen molar-refractivity contribution in [3.05, 3.63) is 47.0 Å². The Kier molecular flexibility index (Phi) is 3.46. The Morgan fingerprint density at radius 2 is 2.11 bits per heavy atom. The summed E-state index contributed by atoms with van der Waals surface area (Å²) in [4.78, 5) is 12.2. The van der Waals surface area contributed by atoms with Gasteiger partial charge in [-0.2, -0.15) is 0 Å². The van der Waals surface area contributed by atoms with E-state index >= 15 is 0 Å². The molecule has 0 aliphatic heterocycles. The molecule has 1 aliphatic carbocycles. The Morgan fingerprint density at radius 3 is 2.79 bits per heavy atom. The Bertz CT molecular complexity index is 570. The first-order chi connectivity index (χ1) is 9.24. The number of hydrogen-bond acceptors (Lipinski definition) is 1. The van der Waals surface area contributed by atoms with Crippen LogP contribution in [0.15, 0.2) is 41.3 Å². The third-order valence-electron chi connectivity index (χ3n) is 3.31. The zero-order valence-electron chi connectivity index (χ0n) is 10.6. The number of nitrogens with zero attached hydrogens (tertiary/aromatic N) is 2. The quantitative estimate of drug-likeness (QED) is 0.903. The highest BCUT2D eigenvalue weighted by Crippen LogP contribution is 2.37. The van der Waals surface area contributed by atoms with Crippen LogP contribution in [0.4, 0.5) is 0 Å². The summed E-state index contributed by atoms with van der Waals surface area (Å²) in [6.45, 7) is 1.44. The molecule has 0 bridgehead atoms. The van der Waals surface area contributed by atoms with Crippen molar-refractivity contribution >= 4 is 21.8 Å². The highest BCUT2D eigenvalue weighted by molar-refractivity contribution is 9.10. The second-order valence-corrected chi connectivity index (χ2v) is 5.77. The van der Waals surface area contributed by atoms with E-state index in [9.17, 15) is 4.79 Å². The first kappa shape index (κ1) is 12.5. The lowest BCUT2D eigenvalue weighted by Gasteiger charge is -2.09. The van der Waals surface area contributed by atoms with Gasteiger partial charge in [0.1, 0.15) is 5.69 Å². The van der Waals surface area contributed by atoms with Crippen molar-refractivity contribution in [1.29, 1.82) is 0 Å². The molecular weight excluding hydrogens is 306 g/mol. The van der Waals surface area contributed by atoms with Gasteiger partial charge in [0.05, 0.1) is 0 Å². The fraction of sp³-hybridized carbons (Fsp3) is 0.357. The summed E-state index contributed by atoms with van der Waals surface area (Å²) in [7, 11) is 0. The van der Waals surface area contributed by atoms with Gasteiger partial charge in [-0.25, -0.2) is 0 Å². The first-order valence-electron chi connectivity index (χ1n) is 6.50. The van der Waals surface area contributed by atoms with Gasteiger partial charge in [0.25, 0.3) is 5.91 Å². The van der Waals surface area contributed by atoms with E-state index < -0.39 is 0 Å². The van der Waals surface area contributed by atoms with Crippen LogP contribution in [0.3, 0.4) is 0 Å². The standard InChI is InChI=1S/C14H16BrN3O/c15-11-9-13(18(10-11)12-3-4-12)14(19)16-5-8-17-6-1-2-7-17/h1-2,6-7,9-10,12H,3-5,8H2,(H,16,19). The zero-order valence-corrected chi connectivity index (χ0v) is 12.1. The summed E-state index contributed by atoms with van der Waals surface area (Å²) in [6, 6.07) is 6.37. The fourth-order valence-electron chi connectivity index (χ4n) is 2.19. The van der Waals surface area contributed by atoms with Gasteiger partial charge in [-0.3, -0.25) is 4.79 Å². The zero-order chi connectivity index (χ0) is 13.2. The van der Waals surface area contributed by atoms with Crippen LogP contribution in [-0.2, 0) is 6.54 Å². The molecule has 0 atom stereocenters. The Morgan fingerprint density at radius 1 is 1.37 bits per heavy atom. The maximum absolute atomic E-state index is 12.2. The van der Waals surface area contributed by atoms with Crippen LogP contribution in [-0.4, -0.2) is 21.6 Å². The molecule has 0 radical (unpaired) electrons. The van der Waals surface area contributed by atoms with Crippen LogP contribution >= 0.6 is 15.9 Å². The number of carbonyl (C=O) groups excluding carboxylic acids is 1. The Hall–Kier alpha value is -1.49. The predicted molar refractivity (Wildman–Crippen MR) is 77.2 cm³/mol. The maximum atomic E-state index is 12.2. The topological polar surface area (TPSA) is 39.0 Å². The van der Waals surface area contributed by atoms with Gasteiger partial charge < -0.3 is 14.5 Å². The number of carbonyl (C=O) groups is 1. The predicted octanol–water partition coefficient (Wildman–Crippen LogP) is 2.82. The Balaban J connectivity index is 1.60. The van der Waals surface area contributed by atoms with Crippen molar-refractivity contribution in [1.82, 2.24) is 14.5 Å². The van der Waals surface area contributed by atoms with E-state index in [1.807, 2.05) is 36.8 Å². The molecule has 4 nitrogen and oxygen atoms in total. The molecule has 0 unspecified atom stereocenters. The molecule has 1 amide bonds. The molecule has 1 N–H and O–H groups in total. The monoisotopic (exact) mass is 321 g/mol. The number of halogens is 1. The summed E-state index contributed by atoms with van der Waals surface area (Å²) < 4.78 is 5.10. The molecule has 100 valence electrons. The summed E-state index contributed by atoms with van der Waals surface area (Å²) in [5.41, 5.74) is 0.752. The van der Waals surface area contributed by atoms with E-state index in [0.717, 1.165) is 16.7 Å². The number of aromatic nitrogens is 2. The van der Waals surface area contributed by atoms with E-state index in [2.05, 4.69) is 30.4 Å². The van der Waals surface area contributed by atoms with Crippen LogP contribution < -0.4 is 5.32 Å². The summed E-state index contributed by atoms with van der Waals surface area (Å²) >= 11 is 3.44. The van der Waals surface area contributed by atoms with Crippen LogP contribution in [0.1, 0.15) is 29.4 Å². The number of nitrogens with one attached hydrogen (secondary N) is 1. The van der Waals surface area contributed by atoms with Crippen LogP contribution in [0.5, 0.6) is 0 Å². The number of hydrogen-bond donors (Lipinski definition) is 1. The van der Waals surface area contributed by atoms with E-state index in [4.69, 9.17) is 0 Å². The number of amides is 1. The van der Waals surface area contributed by atoms with Crippen molar-refractivity contribution < 1.29 is 4.79 Å². The minimum Gasteiger partial charge on any atom is -0.353 e. The molecule has 2 aromatic rings. The molecule has 1 saturated carbocycles. The minimum atomic E-state index is 0.00440. The molecule has 0 saturated heterocycles. The lowest BCUT2D eigenvalue weighted by molar-refractivity contribution is 0.0943. The molecule has 0 spiro atoms. The third-order valence-corrected chi connectivity index (χ3v) is 3.74. The molecule has 5 heteroatoms. The normalized spacial score (nSPS) is 14.6. The smallest absolute Gasteiger partial charge is 0.268 e. The minimum absolute atomic E-state index is 0.00440. The molecule has 2 aromatic heterocycles. The fourth-order valence-corrected chi connectivity index (χ4v) is 2.63. The van der Waals surface area contributed by atoms with E-state index in [1.54, 1.807) is 0 Å². The van der Waals surface area contributed by atoms with Gasteiger partial charge in [0.15, 0.2) is 0 Å². The van der Waals surface area contributed by atoms with Gasteiger partial charge in [0, 0.05) is 42.2 Å². The highest BCUT2D eigenvalue weighted by atomic mass is 79.9. The number of rotatable bonds is 5. The average molecular weight is 322 g/mol. The lowest BCUT2D eigenvalue weighted by Crippen LogP contribution is -2.28. The Labute approximate surface area is 120 Å². The second-order valence-electron chi connectivity index (χ2n) is 4.86. The summed E-state index contributed by atoms with van der Waals surface area (Å²) in [6.07, 6.45) is 8.33. The third kappa shape index (κ3) is 2.92. The second kappa shape index (κ2) is 5.25. The molecule has 0 aromatic carbocycles. The van der Waals surface area contributed by atoms with Gasteiger partial charge in [0.2, 0.25) is 0 Å². The van der Waals surface area contributed by atoms with Crippen molar-refractivity contribution in [3.8, 4) is 0 Å². The molecular formula is C14H16BrN3O. The molecule has 1 aliphatic rings. The molecule has 2 heterocycles. The van der Waals surface area contributed by atoms with Gasteiger partial charge in [-0.05, 0) is 47.0 Å². The van der Waals surface area contributed by atoms with Crippen molar-refractivity contribution in [2.45, 2.75) is 25.4 Å². The SMILES string of the molecule is O=C(NCCn1cccc1)c1cc(Br)cn1C1CC1. The lowest BCUT2D eigenvalue weighted by atomic mass is 10.4. The highest BCUT2D eigenvalue weighted by Gasteiger charge is 2.27. The van der Waals surface area contributed by atoms with E-state index in [0.29, 0.717) is 12.6 Å². The van der Waals surface area contributed by atoms with Gasteiger partial charge >= 0.3 is 0 Å². The summed E-state index contributed by atoms with van der Waals surface area (Å²) in [5.74, 6) is 0.00440. The first-order valence-corrected chi connectivity index (χ1v) is 7.29. The van der Waals surface area contributed by atoms with Crippen LogP contribution in [0.2, 0.25) is 0 Å². The van der Waals surface area contributed by atoms with Crippen molar-refractivity contribution in [2.24, 2.45) is 0 Å². The maximum Gasteiger partial charge on any atom is 0.268 e. The van der Waals surface area contributed by atoms with Gasteiger partial charge in [-0.15, -0.1) is 0 Å². The average Bonchev–Trinajstić information content (AvgIpc) is 2.96. The summed E-state index contributed by atoms with van der Waals surface area (Å²) in [5, 5.41) is 2.97. The largest absolute Gasteiger partial charge is 0.353 e. The van der Waals surface area contributed by atoms with E-state index in [-0.39, 0.29) is 5.91 Å².